The third kappa shape index (κ3) is 5.21. The molecule has 0 bridgehead atoms. The Kier molecular flexibility index (Phi) is 8.34. The molecule has 2 rings (SSSR count). The fourth-order valence-corrected chi connectivity index (χ4v) is 3.59. The molecule has 1 aromatic rings. The van der Waals surface area contributed by atoms with E-state index in [1.54, 1.807) is 12.2 Å². The van der Waals surface area contributed by atoms with Gasteiger partial charge in [0.15, 0.2) is 5.11 Å². The molecule has 1 aliphatic rings. The van der Waals surface area contributed by atoms with Crippen LogP contribution < -0.4 is 4.90 Å². The maximum Gasteiger partial charge on any atom is 0.265 e. The molecular formula is C23H29N3O2S. The van der Waals surface area contributed by atoms with Crippen LogP contribution in [-0.4, -0.2) is 52.9 Å². The van der Waals surface area contributed by atoms with E-state index in [9.17, 15) is 9.59 Å². The van der Waals surface area contributed by atoms with Crippen molar-refractivity contribution in [1.29, 1.82) is 0 Å². The van der Waals surface area contributed by atoms with Crippen molar-refractivity contribution in [2.24, 2.45) is 0 Å². The second-order valence-electron chi connectivity index (χ2n) is 6.47. The number of amides is 2. The van der Waals surface area contributed by atoms with Gasteiger partial charge >= 0.3 is 0 Å². The van der Waals surface area contributed by atoms with Crippen LogP contribution in [0.4, 0.5) is 5.69 Å². The summed E-state index contributed by atoms with van der Waals surface area (Å²) in [6, 6.07) is 8.37. The summed E-state index contributed by atoms with van der Waals surface area (Å²) >= 11 is 5.25. The highest BCUT2D eigenvalue weighted by molar-refractivity contribution is 7.80. The van der Waals surface area contributed by atoms with Gasteiger partial charge in [0.05, 0.1) is 0 Å². The molecule has 29 heavy (non-hydrogen) atoms. The number of anilines is 1. The molecule has 1 fully saturated rings. The van der Waals surface area contributed by atoms with Crippen molar-refractivity contribution in [2.75, 3.05) is 31.1 Å². The number of nitrogens with zero attached hydrogens (tertiary/aromatic N) is 3. The van der Waals surface area contributed by atoms with E-state index in [0.717, 1.165) is 18.7 Å². The highest BCUT2D eigenvalue weighted by Crippen LogP contribution is 2.18. The molecule has 2 amide bonds. The maximum atomic E-state index is 12.5. The van der Waals surface area contributed by atoms with E-state index in [1.165, 1.54) is 15.5 Å². The molecule has 0 N–H and O–H groups in total. The van der Waals surface area contributed by atoms with Crippen molar-refractivity contribution < 1.29 is 9.59 Å². The molecule has 1 heterocycles. The highest BCUT2D eigenvalue weighted by atomic mass is 32.1. The topological polar surface area (TPSA) is 43.9 Å². The van der Waals surface area contributed by atoms with Gasteiger partial charge in [0.25, 0.3) is 11.8 Å². The Morgan fingerprint density at radius 2 is 1.41 bits per heavy atom. The number of hydrogen-bond acceptors (Lipinski definition) is 4. The standard InChI is InChI=1S/C23H29N3O2S/c1-5-24(6-2)19-16-14-18(15-17-19)12-10-9-11-13-20-21(27)25(7-3)23(29)26(8-4)22(20)28/h9-17H,5-8H2,1-4H3/b11-9+,12-10+. The number of benzene rings is 1. The average Bonchev–Trinajstić information content (AvgIpc) is 2.72. The van der Waals surface area contributed by atoms with Crippen molar-refractivity contribution in [3.8, 4) is 0 Å². The number of carbonyl (C=O) groups excluding carboxylic acids is 2. The Hall–Kier alpha value is -2.73. The van der Waals surface area contributed by atoms with Crippen LogP contribution in [0.25, 0.3) is 6.08 Å². The first-order chi connectivity index (χ1) is 14.0. The van der Waals surface area contributed by atoms with E-state index in [0.29, 0.717) is 13.1 Å². The molecule has 6 heteroatoms. The summed E-state index contributed by atoms with van der Waals surface area (Å²) in [6.07, 6.45) is 8.96. The summed E-state index contributed by atoms with van der Waals surface area (Å²) < 4.78 is 0. The van der Waals surface area contributed by atoms with Gasteiger partial charge in [0, 0.05) is 31.9 Å². The largest absolute Gasteiger partial charge is 0.372 e. The number of likely N-dealkylation sites (N-methyl/N-ethyl adjacent to an activating group) is 2. The van der Waals surface area contributed by atoms with Crippen LogP contribution in [0.1, 0.15) is 33.3 Å². The van der Waals surface area contributed by atoms with E-state index >= 15 is 0 Å². The zero-order valence-electron chi connectivity index (χ0n) is 17.6. The van der Waals surface area contributed by atoms with Crippen LogP contribution in [-0.2, 0) is 9.59 Å². The Labute approximate surface area is 179 Å². The lowest BCUT2D eigenvalue weighted by Crippen LogP contribution is -2.55. The first-order valence-corrected chi connectivity index (χ1v) is 10.5. The van der Waals surface area contributed by atoms with Crippen LogP contribution in [0.15, 0.2) is 54.1 Å². The van der Waals surface area contributed by atoms with Crippen molar-refractivity contribution in [1.82, 2.24) is 9.80 Å². The second kappa shape index (κ2) is 10.7. The highest BCUT2D eigenvalue weighted by Gasteiger charge is 2.37. The summed E-state index contributed by atoms with van der Waals surface area (Å²) in [5.41, 5.74) is 2.43. The van der Waals surface area contributed by atoms with Gasteiger partial charge < -0.3 is 4.90 Å². The van der Waals surface area contributed by atoms with Crippen LogP contribution in [0.2, 0.25) is 0 Å². The van der Waals surface area contributed by atoms with E-state index in [1.807, 2.05) is 32.1 Å². The molecule has 5 nitrogen and oxygen atoms in total. The monoisotopic (exact) mass is 411 g/mol. The van der Waals surface area contributed by atoms with E-state index in [-0.39, 0.29) is 22.5 Å². The molecular weight excluding hydrogens is 382 g/mol. The number of carbonyl (C=O) groups is 2. The van der Waals surface area contributed by atoms with E-state index in [4.69, 9.17) is 12.2 Å². The molecule has 1 aliphatic heterocycles. The minimum Gasteiger partial charge on any atom is -0.372 e. The number of hydrogen-bond donors (Lipinski definition) is 0. The van der Waals surface area contributed by atoms with E-state index < -0.39 is 0 Å². The quantitative estimate of drug-likeness (QED) is 0.280. The lowest BCUT2D eigenvalue weighted by Gasteiger charge is -2.35. The molecule has 0 unspecified atom stereocenters. The molecule has 0 aromatic heterocycles. The summed E-state index contributed by atoms with van der Waals surface area (Å²) in [7, 11) is 0. The summed E-state index contributed by atoms with van der Waals surface area (Å²) in [4.78, 5) is 30.3. The smallest absolute Gasteiger partial charge is 0.265 e. The Morgan fingerprint density at radius 3 is 1.90 bits per heavy atom. The molecule has 0 saturated carbocycles. The summed E-state index contributed by atoms with van der Waals surface area (Å²) in [6.45, 7) is 10.8. The predicted octanol–water partition coefficient (Wildman–Crippen LogP) is 4.02. The minimum atomic E-state index is -0.340. The van der Waals surface area contributed by atoms with Crippen LogP contribution in [0, 0.1) is 0 Å². The third-order valence-electron chi connectivity index (χ3n) is 4.84. The van der Waals surface area contributed by atoms with Gasteiger partial charge in [-0.25, -0.2) is 0 Å². The lowest BCUT2D eigenvalue weighted by molar-refractivity contribution is -0.133. The van der Waals surface area contributed by atoms with Gasteiger partial charge in [-0.1, -0.05) is 36.4 Å². The predicted molar refractivity (Wildman–Crippen MR) is 124 cm³/mol. The number of rotatable bonds is 8. The molecule has 0 spiro atoms. The van der Waals surface area contributed by atoms with Gasteiger partial charge in [-0.2, -0.15) is 0 Å². The third-order valence-corrected chi connectivity index (χ3v) is 5.28. The average molecular weight is 412 g/mol. The molecule has 1 aromatic carbocycles. The fourth-order valence-electron chi connectivity index (χ4n) is 3.17. The fraction of sp³-hybridized carbons (Fsp3) is 0.348. The zero-order chi connectivity index (χ0) is 21.4. The first kappa shape index (κ1) is 22.6. The normalized spacial score (nSPS) is 15.2. The van der Waals surface area contributed by atoms with Gasteiger partial charge in [-0.15, -0.1) is 0 Å². The molecule has 1 saturated heterocycles. The Balaban J connectivity index is 2.09. The molecule has 0 aliphatic carbocycles. The SMILES string of the molecule is CCN1C(=O)C(=C/C=C/C=C/c2ccc(N(CC)CC)cc2)C(=O)N(CC)C1=S. The van der Waals surface area contributed by atoms with Gasteiger partial charge in [-0.05, 0) is 63.7 Å². The lowest BCUT2D eigenvalue weighted by atomic mass is 10.1. The zero-order valence-corrected chi connectivity index (χ0v) is 18.4. The molecule has 0 radical (unpaired) electrons. The summed E-state index contributed by atoms with van der Waals surface area (Å²) in [5.74, 6) is -0.680. The number of allylic oxidation sites excluding steroid dienone is 4. The summed E-state index contributed by atoms with van der Waals surface area (Å²) in [5, 5.41) is 0.277. The Morgan fingerprint density at radius 1 is 0.862 bits per heavy atom. The van der Waals surface area contributed by atoms with Crippen molar-refractivity contribution >= 4 is 40.9 Å². The maximum absolute atomic E-state index is 12.5. The molecule has 154 valence electrons. The van der Waals surface area contributed by atoms with Gasteiger partial charge in [-0.3, -0.25) is 19.4 Å². The van der Waals surface area contributed by atoms with E-state index in [2.05, 4.69) is 43.0 Å². The second-order valence-corrected chi connectivity index (χ2v) is 6.83. The van der Waals surface area contributed by atoms with Crippen molar-refractivity contribution in [3.63, 3.8) is 0 Å². The first-order valence-electron chi connectivity index (χ1n) is 10.1. The van der Waals surface area contributed by atoms with Crippen LogP contribution >= 0.6 is 12.2 Å². The van der Waals surface area contributed by atoms with Crippen molar-refractivity contribution in [2.45, 2.75) is 27.7 Å². The molecule has 0 atom stereocenters. The van der Waals surface area contributed by atoms with Gasteiger partial charge in [0.1, 0.15) is 5.57 Å². The van der Waals surface area contributed by atoms with Gasteiger partial charge in [0.2, 0.25) is 0 Å². The Bertz CT molecular complexity index is 808. The minimum absolute atomic E-state index is 0.135. The van der Waals surface area contributed by atoms with Crippen LogP contribution in [0.3, 0.4) is 0 Å². The van der Waals surface area contributed by atoms with Crippen LogP contribution in [0.5, 0.6) is 0 Å². The van der Waals surface area contributed by atoms with Crippen molar-refractivity contribution in [3.05, 3.63) is 59.7 Å². The number of thiocarbonyl (C=S) groups is 1.